The number of esters is 1. The summed E-state index contributed by atoms with van der Waals surface area (Å²) in [5, 5.41) is 11.2. The molecule has 1 atom stereocenters. The van der Waals surface area contributed by atoms with Gasteiger partial charge in [-0.3, -0.25) is 14.9 Å². The van der Waals surface area contributed by atoms with Crippen LogP contribution in [0, 0.1) is 17.0 Å². The molecule has 0 aliphatic carbocycles. The Morgan fingerprint density at radius 2 is 1.89 bits per heavy atom. The third-order valence-corrected chi connectivity index (χ3v) is 3.40. The van der Waals surface area contributed by atoms with Crippen molar-refractivity contribution in [3.8, 4) is 0 Å². The number of benzene rings is 1. The van der Waals surface area contributed by atoms with Crippen LogP contribution in [0.2, 0.25) is 0 Å². The summed E-state index contributed by atoms with van der Waals surface area (Å²) in [7, 11) is 1.29. The highest BCUT2D eigenvalue weighted by molar-refractivity contribution is 5.70. The van der Waals surface area contributed by atoms with Gasteiger partial charge in [0, 0.05) is 18.8 Å². The second-order valence-corrected chi connectivity index (χ2v) is 5.15. The van der Waals surface area contributed by atoms with Gasteiger partial charge in [-0.1, -0.05) is 29.8 Å². The monoisotopic (exact) mass is 265 g/mol. The summed E-state index contributed by atoms with van der Waals surface area (Å²) in [4.78, 5) is 22.4. The molecule has 1 aromatic carbocycles. The number of hydrogen-bond donors (Lipinski definition) is 0. The zero-order chi connectivity index (χ0) is 14.6. The largest absolute Gasteiger partial charge is 0.469 e. The molecule has 1 aromatic rings. The molecule has 0 spiro atoms. The molecular weight excluding hydrogens is 246 g/mol. The van der Waals surface area contributed by atoms with E-state index in [0.717, 1.165) is 11.1 Å². The highest BCUT2D eigenvalue weighted by Gasteiger charge is 2.43. The van der Waals surface area contributed by atoms with Gasteiger partial charge in [0.2, 0.25) is 5.54 Å². The lowest BCUT2D eigenvalue weighted by molar-refractivity contribution is -0.565. The Hall–Kier alpha value is -1.91. The average Bonchev–Trinajstić information content (AvgIpc) is 2.36. The molecular formula is C14H19NO4. The predicted molar refractivity (Wildman–Crippen MR) is 71.6 cm³/mol. The van der Waals surface area contributed by atoms with Crippen molar-refractivity contribution in [2.24, 2.45) is 0 Å². The lowest BCUT2D eigenvalue weighted by Crippen LogP contribution is -2.39. The SMILES string of the molecule is COC(=O)CC(c1ccc(C)cc1)C(C)(C)[N+](=O)[O-]. The van der Waals surface area contributed by atoms with Crippen LogP contribution in [0.4, 0.5) is 0 Å². The van der Waals surface area contributed by atoms with Crippen LogP contribution in [-0.4, -0.2) is 23.5 Å². The fraction of sp³-hybridized carbons (Fsp3) is 0.500. The average molecular weight is 265 g/mol. The molecule has 0 aliphatic rings. The number of nitro groups is 1. The van der Waals surface area contributed by atoms with E-state index in [1.54, 1.807) is 0 Å². The van der Waals surface area contributed by atoms with Crippen molar-refractivity contribution in [1.82, 2.24) is 0 Å². The summed E-state index contributed by atoms with van der Waals surface area (Å²) in [6.45, 7) is 5.00. The van der Waals surface area contributed by atoms with E-state index in [1.165, 1.54) is 21.0 Å². The van der Waals surface area contributed by atoms with Gasteiger partial charge in [-0.25, -0.2) is 0 Å². The highest BCUT2D eigenvalue weighted by Crippen LogP contribution is 2.34. The molecule has 0 heterocycles. The van der Waals surface area contributed by atoms with Gasteiger partial charge in [-0.15, -0.1) is 0 Å². The van der Waals surface area contributed by atoms with Crippen molar-refractivity contribution >= 4 is 5.97 Å². The Bertz CT molecular complexity index is 465. The van der Waals surface area contributed by atoms with Crippen molar-refractivity contribution in [2.45, 2.75) is 38.6 Å². The number of methoxy groups -OCH3 is 1. The molecule has 1 unspecified atom stereocenters. The highest BCUT2D eigenvalue weighted by atomic mass is 16.6. The standard InChI is InChI=1S/C14H19NO4/c1-10-5-7-11(8-6-10)12(9-13(16)19-4)14(2,3)15(17)18/h5-8,12H,9H2,1-4H3. The molecule has 0 fully saturated rings. The van der Waals surface area contributed by atoms with Crippen LogP contribution in [0.15, 0.2) is 24.3 Å². The summed E-state index contributed by atoms with van der Waals surface area (Å²) < 4.78 is 4.64. The molecule has 5 heteroatoms. The van der Waals surface area contributed by atoms with Crippen LogP contribution >= 0.6 is 0 Å². The van der Waals surface area contributed by atoms with Crippen molar-refractivity contribution in [1.29, 1.82) is 0 Å². The van der Waals surface area contributed by atoms with Crippen molar-refractivity contribution < 1.29 is 14.5 Å². The van der Waals surface area contributed by atoms with Gasteiger partial charge >= 0.3 is 5.97 Å². The fourth-order valence-electron chi connectivity index (χ4n) is 1.95. The molecule has 1 rings (SSSR count). The first-order chi connectivity index (χ1) is 8.78. The normalized spacial score (nSPS) is 12.8. The Morgan fingerprint density at radius 1 is 1.37 bits per heavy atom. The molecule has 0 bridgehead atoms. The first kappa shape index (κ1) is 15.1. The smallest absolute Gasteiger partial charge is 0.306 e. The number of carbonyl (C=O) groups excluding carboxylic acids is 1. The fourth-order valence-corrected chi connectivity index (χ4v) is 1.95. The Morgan fingerprint density at radius 3 is 2.32 bits per heavy atom. The Labute approximate surface area is 112 Å². The maximum absolute atomic E-state index is 11.5. The molecule has 0 aliphatic heterocycles. The molecule has 104 valence electrons. The van der Waals surface area contributed by atoms with E-state index in [0.29, 0.717) is 0 Å². The van der Waals surface area contributed by atoms with E-state index in [9.17, 15) is 14.9 Å². The third-order valence-electron chi connectivity index (χ3n) is 3.40. The second kappa shape index (κ2) is 5.82. The number of ether oxygens (including phenoxy) is 1. The summed E-state index contributed by atoms with van der Waals surface area (Å²) >= 11 is 0. The molecule has 0 saturated heterocycles. The van der Waals surface area contributed by atoms with Gasteiger partial charge in [0.15, 0.2) is 0 Å². The van der Waals surface area contributed by atoms with Crippen LogP contribution in [0.25, 0.3) is 0 Å². The van der Waals surface area contributed by atoms with Crippen molar-refractivity contribution in [3.63, 3.8) is 0 Å². The number of hydrogen-bond acceptors (Lipinski definition) is 4. The first-order valence-corrected chi connectivity index (χ1v) is 6.07. The van der Waals surface area contributed by atoms with E-state index < -0.39 is 17.4 Å². The maximum atomic E-state index is 11.5. The van der Waals surface area contributed by atoms with Gasteiger partial charge in [0.25, 0.3) is 0 Å². The number of rotatable bonds is 5. The van der Waals surface area contributed by atoms with E-state index >= 15 is 0 Å². The minimum Gasteiger partial charge on any atom is -0.469 e. The molecule has 0 radical (unpaired) electrons. The van der Waals surface area contributed by atoms with Crippen molar-refractivity contribution in [2.75, 3.05) is 7.11 Å². The molecule has 0 saturated carbocycles. The summed E-state index contributed by atoms with van der Waals surface area (Å²) in [5.41, 5.74) is 0.612. The minimum absolute atomic E-state index is 0.00641. The Balaban J connectivity index is 3.15. The van der Waals surface area contributed by atoms with Crippen LogP contribution in [0.1, 0.15) is 37.3 Å². The van der Waals surface area contributed by atoms with Gasteiger partial charge < -0.3 is 4.74 Å². The maximum Gasteiger partial charge on any atom is 0.306 e. The van der Waals surface area contributed by atoms with E-state index in [-0.39, 0.29) is 11.3 Å². The summed E-state index contributed by atoms with van der Waals surface area (Å²) in [6, 6.07) is 7.42. The number of nitrogens with zero attached hydrogens (tertiary/aromatic N) is 1. The van der Waals surface area contributed by atoms with Crippen LogP contribution in [0.3, 0.4) is 0 Å². The van der Waals surface area contributed by atoms with E-state index in [4.69, 9.17) is 0 Å². The van der Waals surface area contributed by atoms with E-state index in [1.807, 2.05) is 31.2 Å². The van der Waals surface area contributed by atoms with Gasteiger partial charge in [0.05, 0.1) is 19.4 Å². The number of aryl methyl sites for hydroxylation is 1. The molecule has 19 heavy (non-hydrogen) atoms. The van der Waals surface area contributed by atoms with Gasteiger partial charge in [-0.05, 0) is 12.5 Å². The van der Waals surface area contributed by atoms with Crippen LogP contribution < -0.4 is 0 Å². The third kappa shape index (κ3) is 3.53. The van der Waals surface area contributed by atoms with Crippen molar-refractivity contribution in [3.05, 3.63) is 45.5 Å². The van der Waals surface area contributed by atoms with Gasteiger partial charge in [0.1, 0.15) is 0 Å². The lowest BCUT2D eigenvalue weighted by Gasteiger charge is -2.26. The molecule has 0 amide bonds. The second-order valence-electron chi connectivity index (χ2n) is 5.15. The zero-order valence-corrected chi connectivity index (χ0v) is 11.7. The number of carbonyl (C=O) groups is 1. The topological polar surface area (TPSA) is 69.4 Å². The quantitative estimate of drug-likeness (QED) is 0.466. The van der Waals surface area contributed by atoms with Crippen LogP contribution in [0.5, 0.6) is 0 Å². The minimum atomic E-state index is -1.23. The van der Waals surface area contributed by atoms with E-state index in [2.05, 4.69) is 4.74 Å². The first-order valence-electron chi connectivity index (χ1n) is 6.07. The lowest BCUT2D eigenvalue weighted by atomic mass is 9.80. The molecule has 0 N–H and O–H groups in total. The summed E-state index contributed by atoms with van der Waals surface area (Å²) in [5.74, 6) is -0.962. The predicted octanol–water partition coefficient (Wildman–Crippen LogP) is 2.70. The summed E-state index contributed by atoms with van der Waals surface area (Å²) in [6.07, 6.45) is -0.00641. The Kier molecular flexibility index (Phi) is 4.64. The van der Waals surface area contributed by atoms with Crippen LogP contribution in [-0.2, 0) is 9.53 Å². The zero-order valence-electron chi connectivity index (χ0n) is 11.7. The molecule has 0 aromatic heterocycles. The molecule has 5 nitrogen and oxygen atoms in total. The van der Waals surface area contributed by atoms with Gasteiger partial charge in [-0.2, -0.15) is 0 Å².